The van der Waals surface area contributed by atoms with E-state index in [1.807, 2.05) is 24.1 Å². The van der Waals surface area contributed by atoms with E-state index in [-0.39, 0.29) is 0 Å². The molecule has 0 bridgehead atoms. The second-order valence-corrected chi connectivity index (χ2v) is 4.24. The van der Waals surface area contributed by atoms with E-state index in [2.05, 4.69) is 16.5 Å². The molecule has 2 aromatic rings. The molecule has 0 unspecified atom stereocenters. The lowest BCUT2D eigenvalue weighted by Crippen LogP contribution is -2.00. The molecule has 2 aromatic heterocycles. The van der Waals surface area contributed by atoms with Gasteiger partial charge in [-0.15, -0.1) is 11.3 Å². The Morgan fingerprint density at radius 3 is 3.00 bits per heavy atom. The van der Waals surface area contributed by atoms with Crippen LogP contribution in [0.15, 0.2) is 23.8 Å². The van der Waals surface area contributed by atoms with E-state index in [1.165, 1.54) is 16.0 Å². The first-order valence-corrected chi connectivity index (χ1v) is 5.44. The van der Waals surface area contributed by atoms with Gasteiger partial charge in [0.05, 0.1) is 6.20 Å². The van der Waals surface area contributed by atoms with Gasteiger partial charge in [0.1, 0.15) is 0 Å². The van der Waals surface area contributed by atoms with Crippen molar-refractivity contribution in [3.63, 3.8) is 0 Å². The first-order chi connectivity index (χ1) is 6.79. The van der Waals surface area contributed by atoms with Crippen LogP contribution in [0.1, 0.15) is 4.88 Å². The van der Waals surface area contributed by atoms with Gasteiger partial charge in [0.2, 0.25) is 0 Å². The molecule has 2 rings (SSSR count). The second kappa shape index (κ2) is 3.94. The molecular weight excluding hydrogens is 194 g/mol. The SMILES string of the molecule is Cn1cc(-c2csc(CCN)c2)cn1. The summed E-state index contributed by atoms with van der Waals surface area (Å²) in [6.07, 6.45) is 4.87. The molecule has 0 fully saturated rings. The van der Waals surface area contributed by atoms with Crippen LogP contribution in [-0.4, -0.2) is 16.3 Å². The number of hydrogen-bond acceptors (Lipinski definition) is 3. The summed E-state index contributed by atoms with van der Waals surface area (Å²) in [6.45, 7) is 0.715. The lowest BCUT2D eigenvalue weighted by atomic mass is 10.2. The Morgan fingerprint density at radius 1 is 1.50 bits per heavy atom. The molecule has 0 aliphatic carbocycles. The molecule has 0 aromatic carbocycles. The summed E-state index contributed by atoms with van der Waals surface area (Å²) in [6, 6.07) is 2.19. The van der Waals surface area contributed by atoms with Crippen molar-refractivity contribution >= 4 is 11.3 Å². The second-order valence-electron chi connectivity index (χ2n) is 3.24. The minimum absolute atomic E-state index is 0.715. The fraction of sp³-hybridized carbons (Fsp3) is 0.300. The molecule has 0 spiro atoms. The lowest BCUT2D eigenvalue weighted by Gasteiger charge is -1.89. The van der Waals surface area contributed by atoms with Crippen LogP contribution in [0.4, 0.5) is 0 Å². The molecule has 4 heteroatoms. The Hall–Kier alpha value is -1.13. The third-order valence-corrected chi connectivity index (χ3v) is 3.08. The zero-order valence-corrected chi connectivity index (χ0v) is 8.92. The van der Waals surface area contributed by atoms with Gasteiger partial charge in [0.25, 0.3) is 0 Å². The Bertz CT molecular complexity index is 416. The quantitative estimate of drug-likeness (QED) is 0.831. The minimum Gasteiger partial charge on any atom is -0.330 e. The first kappa shape index (κ1) is 9.43. The maximum Gasteiger partial charge on any atom is 0.0568 e. The molecule has 0 saturated heterocycles. The van der Waals surface area contributed by atoms with E-state index in [0.29, 0.717) is 6.54 Å². The number of nitrogens with zero attached hydrogens (tertiary/aromatic N) is 2. The molecule has 0 aliphatic rings. The van der Waals surface area contributed by atoms with Gasteiger partial charge in [0.15, 0.2) is 0 Å². The Morgan fingerprint density at radius 2 is 2.36 bits per heavy atom. The zero-order chi connectivity index (χ0) is 9.97. The van der Waals surface area contributed by atoms with Crippen LogP contribution in [0.25, 0.3) is 11.1 Å². The van der Waals surface area contributed by atoms with Crippen molar-refractivity contribution in [2.24, 2.45) is 12.8 Å². The van der Waals surface area contributed by atoms with Gasteiger partial charge < -0.3 is 5.73 Å². The van der Waals surface area contributed by atoms with Gasteiger partial charge in [-0.2, -0.15) is 5.10 Å². The summed E-state index contributed by atoms with van der Waals surface area (Å²) in [7, 11) is 1.93. The van der Waals surface area contributed by atoms with Crippen molar-refractivity contribution in [2.75, 3.05) is 6.54 Å². The van der Waals surface area contributed by atoms with E-state index in [4.69, 9.17) is 5.73 Å². The van der Waals surface area contributed by atoms with E-state index in [0.717, 1.165) is 6.42 Å². The Labute approximate surface area is 87.2 Å². The van der Waals surface area contributed by atoms with Crippen LogP contribution in [0, 0.1) is 0 Å². The molecule has 0 saturated carbocycles. The van der Waals surface area contributed by atoms with Crippen LogP contribution < -0.4 is 5.73 Å². The molecule has 0 amide bonds. The van der Waals surface area contributed by atoms with Crippen molar-refractivity contribution in [1.82, 2.24) is 9.78 Å². The van der Waals surface area contributed by atoms with E-state index >= 15 is 0 Å². The van der Waals surface area contributed by atoms with Crippen LogP contribution in [-0.2, 0) is 13.5 Å². The highest BCUT2D eigenvalue weighted by Gasteiger charge is 2.03. The summed E-state index contributed by atoms with van der Waals surface area (Å²) >= 11 is 1.76. The van der Waals surface area contributed by atoms with Gasteiger partial charge in [-0.25, -0.2) is 0 Å². The van der Waals surface area contributed by atoms with Crippen molar-refractivity contribution in [3.05, 3.63) is 28.7 Å². The molecular formula is C10H13N3S. The molecule has 2 N–H and O–H groups in total. The third kappa shape index (κ3) is 1.86. The summed E-state index contributed by atoms with van der Waals surface area (Å²) in [5, 5.41) is 6.30. The number of aromatic nitrogens is 2. The van der Waals surface area contributed by atoms with Gasteiger partial charge in [-0.05, 0) is 30.0 Å². The number of nitrogens with two attached hydrogens (primary N) is 1. The van der Waals surface area contributed by atoms with Crippen LogP contribution in [0.2, 0.25) is 0 Å². The van der Waals surface area contributed by atoms with Gasteiger partial charge >= 0.3 is 0 Å². The van der Waals surface area contributed by atoms with Crippen molar-refractivity contribution in [3.8, 4) is 11.1 Å². The number of aryl methyl sites for hydroxylation is 1. The minimum atomic E-state index is 0.715. The Balaban J connectivity index is 2.24. The fourth-order valence-electron chi connectivity index (χ4n) is 1.38. The van der Waals surface area contributed by atoms with Crippen molar-refractivity contribution < 1.29 is 0 Å². The number of thiophene rings is 1. The molecule has 74 valence electrons. The Kier molecular flexibility index (Phi) is 2.65. The number of hydrogen-bond donors (Lipinski definition) is 1. The standard InChI is InChI=1S/C10H13N3S/c1-13-6-9(5-12-13)8-4-10(2-3-11)14-7-8/h4-7H,2-3,11H2,1H3. The van der Waals surface area contributed by atoms with Crippen LogP contribution >= 0.6 is 11.3 Å². The first-order valence-electron chi connectivity index (χ1n) is 4.56. The lowest BCUT2D eigenvalue weighted by molar-refractivity contribution is 0.768. The molecule has 0 radical (unpaired) electrons. The van der Waals surface area contributed by atoms with Gasteiger partial charge in [-0.1, -0.05) is 0 Å². The average Bonchev–Trinajstić information content (AvgIpc) is 2.74. The number of rotatable bonds is 3. The largest absolute Gasteiger partial charge is 0.330 e. The van der Waals surface area contributed by atoms with Crippen LogP contribution in [0.5, 0.6) is 0 Å². The highest BCUT2D eigenvalue weighted by Crippen LogP contribution is 2.25. The van der Waals surface area contributed by atoms with Crippen molar-refractivity contribution in [1.29, 1.82) is 0 Å². The van der Waals surface area contributed by atoms with Crippen molar-refractivity contribution in [2.45, 2.75) is 6.42 Å². The summed E-state index contributed by atoms with van der Waals surface area (Å²) in [5.74, 6) is 0. The van der Waals surface area contributed by atoms with E-state index in [1.54, 1.807) is 11.3 Å². The fourth-order valence-corrected chi connectivity index (χ4v) is 2.29. The summed E-state index contributed by atoms with van der Waals surface area (Å²) in [4.78, 5) is 1.34. The van der Waals surface area contributed by atoms with Crippen LogP contribution in [0.3, 0.4) is 0 Å². The van der Waals surface area contributed by atoms with E-state index < -0.39 is 0 Å². The molecule has 2 heterocycles. The summed E-state index contributed by atoms with van der Waals surface area (Å²) in [5.41, 5.74) is 7.92. The zero-order valence-electron chi connectivity index (χ0n) is 8.10. The molecule has 14 heavy (non-hydrogen) atoms. The molecule has 0 aliphatic heterocycles. The average molecular weight is 207 g/mol. The highest BCUT2D eigenvalue weighted by atomic mass is 32.1. The van der Waals surface area contributed by atoms with E-state index in [9.17, 15) is 0 Å². The third-order valence-electron chi connectivity index (χ3n) is 2.08. The summed E-state index contributed by atoms with van der Waals surface area (Å²) < 4.78 is 1.82. The maximum absolute atomic E-state index is 5.50. The predicted molar refractivity (Wildman–Crippen MR) is 59.3 cm³/mol. The topological polar surface area (TPSA) is 43.8 Å². The van der Waals surface area contributed by atoms with Gasteiger partial charge in [-0.3, -0.25) is 4.68 Å². The normalized spacial score (nSPS) is 10.7. The smallest absolute Gasteiger partial charge is 0.0568 e. The molecule has 0 atom stereocenters. The predicted octanol–water partition coefficient (Wildman–Crippen LogP) is 1.65. The molecule has 3 nitrogen and oxygen atoms in total. The van der Waals surface area contributed by atoms with Gasteiger partial charge in [0, 0.05) is 23.7 Å². The maximum atomic E-state index is 5.50. The highest BCUT2D eigenvalue weighted by molar-refractivity contribution is 7.10. The monoisotopic (exact) mass is 207 g/mol.